The van der Waals surface area contributed by atoms with E-state index < -0.39 is 0 Å². The van der Waals surface area contributed by atoms with Crippen LogP contribution in [0.1, 0.15) is 31.4 Å². The number of fused-ring (bicyclic) bond motifs is 1. The highest BCUT2D eigenvalue weighted by atomic mass is 16.5. The van der Waals surface area contributed by atoms with Crippen LogP contribution in [0.5, 0.6) is 5.75 Å². The lowest BCUT2D eigenvalue weighted by molar-refractivity contribution is -0.112. The largest absolute Gasteiger partial charge is 0.494 e. The Morgan fingerprint density at radius 3 is 2.90 bits per heavy atom. The predicted molar refractivity (Wildman–Crippen MR) is 80.1 cm³/mol. The maximum atomic E-state index is 12.2. The molecule has 1 heterocycles. The number of Topliss-reactive ketones (excluding diaryl/α,β-unsaturated/α-hetero) is 1. The summed E-state index contributed by atoms with van der Waals surface area (Å²) in [5.41, 5.74) is 5.02. The molecule has 2 aliphatic rings. The summed E-state index contributed by atoms with van der Waals surface area (Å²) in [6, 6.07) is 5.88. The molecule has 0 radical (unpaired) electrons. The number of ketones is 1. The minimum Gasteiger partial charge on any atom is -0.494 e. The Bertz CT molecular complexity index is 666. The van der Waals surface area contributed by atoms with Gasteiger partial charge in [0, 0.05) is 30.3 Å². The molecule has 1 aromatic carbocycles. The molecule has 1 aromatic rings. The van der Waals surface area contributed by atoms with Crippen LogP contribution in [0.3, 0.4) is 0 Å². The quantitative estimate of drug-likeness (QED) is 0.788. The van der Waals surface area contributed by atoms with E-state index in [1.54, 1.807) is 0 Å². The third kappa shape index (κ3) is 2.31. The Balaban J connectivity index is 1.96. The van der Waals surface area contributed by atoms with E-state index in [-0.39, 0.29) is 5.78 Å². The van der Waals surface area contributed by atoms with Crippen molar-refractivity contribution in [2.24, 2.45) is 4.99 Å². The van der Waals surface area contributed by atoms with Crippen molar-refractivity contribution in [2.45, 2.75) is 26.7 Å². The van der Waals surface area contributed by atoms with Crippen LogP contribution in [0.4, 0.5) is 0 Å². The molecule has 0 atom stereocenters. The molecule has 3 heteroatoms. The first-order valence-corrected chi connectivity index (χ1v) is 6.90. The van der Waals surface area contributed by atoms with Gasteiger partial charge in [0.2, 0.25) is 0 Å². The Morgan fingerprint density at radius 1 is 1.35 bits per heavy atom. The Morgan fingerprint density at radius 2 is 2.20 bits per heavy atom. The van der Waals surface area contributed by atoms with Crippen molar-refractivity contribution in [1.29, 1.82) is 0 Å². The minimum absolute atomic E-state index is 0.168. The van der Waals surface area contributed by atoms with Crippen molar-refractivity contribution in [2.75, 3.05) is 6.61 Å². The molecule has 0 saturated heterocycles. The van der Waals surface area contributed by atoms with Gasteiger partial charge in [-0.1, -0.05) is 6.07 Å². The molecule has 0 bridgehead atoms. The van der Waals surface area contributed by atoms with Crippen molar-refractivity contribution < 1.29 is 9.53 Å². The van der Waals surface area contributed by atoms with E-state index in [2.05, 4.69) is 4.99 Å². The van der Waals surface area contributed by atoms with Crippen LogP contribution < -0.4 is 4.74 Å². The summed E-state index contributed by atoms with van der Waals surface area (Å²) in [6.45, 7) is 4.63. The molecule has 0 unspecified atom stereocenters. The Hall–Kier alpha value is -2.16. The smallest absolute Gasteiger partial charge is 0.167 e. The fourth-order valence-corrected chi connectivity index (χ4v) is 2.62. The van der Waals surface area contributed by atoms with Gasteiger partial charge in [-0.25, -0.2) is 0 Å². The highest BCUT2D eigenvalue weighted by molar-refractivity contribution is 6.29. The fraction of sp³-hybridized carbons (Fsp3) is 0.294. The normalized spacial score (nSPS) is 19.1. The van der Waals surface area contributed by atoms with E-state index in [9.17, 15) is 4.79 Å². The maximum absolute atomic E-state index is 12.2. The number of hydrogen-bond acceptors (Lipinski definition) is 3. The fourth-order valence-electron chi connectivity index (χ4n) is 2.62. The van der Waals surface area contributed by atoms with E-state index in [4.69, 9.17) is 4.74 Å². The van der Waals surface area contributed by atoms with E-state index in [1.165, 1.54) is 5.57 Å². The summed E-state index contributed by atoms with van der Waals surface area (Å²) in [7, 11) is 0. The van der Waals surface area contributed by atoms with Gasteiger partial charge in [0.25, 0.3) is 0 Å². The second kappa shape index (κ2) is 5.08. The second-order valence-electron chi connectivity index (χ2n) is 5.18. The molecule has 0 saturated carbocycles. The number of ether oxygens (including phenoxy) is 1. The molecule has 0 amide bonds. The van der Waals surface area contributed by atoms with Crippen molar-refractivity contribution in [1.82, 2.24) is 0 Å². The summed E-state index contributed by atoms with van der Waals surface area (Å²) >= 11 is 0. The van der Waals surface area contributed by atoms with Crippen molar-refractivity contribution in [3.8, 4) is 5.75 Å². The summed E-state index contributed by atoms with van der Waals surface area (Å²) < 4.78 is 5.52. The number of aliphatic imine (C=N–C) groups is 1. The number of hydrogen-bond donors (Lipinski definition) is 0. The molecule has 0 aromatic heterocycles. The zero-order valence-corrected chi connectivity index (χ0v) is 11.8. The number of carbonyl (C=O) groups excluding carboxylic acids is 1. The van der Waals surface area contributed by atoms with Gasteiger partial charge in [0.15, 0.2) is 5.78 Å². The van der Waals surface area contributed by atoms with Crippen LogP contribution in [0.15, 0.2) is 41.0 Å². The third-order valence-electron chi connectivity index (χ3n) is 3.56. The van der Waals surface area contributed by atoms with E-state index in [1.807, 2.05) is 44.3 Å². The summed E-state index contributed by atoms with van der Waals surface area (Å²) in [4.78, 5) is 16.5. The predicted octanol–water partition coefficient (Wildman–Crippen LogP) is 3.34. The minimum atomic E-state index is 0.168. The van der Waals surface area contributed by atoms with Crippen LogP contribution in [0, 0.1) is 0 Å². The van der Waals surface area contributed by atoms with Crippen LogP contribution >= 0.6 is 0 Å². The molecular weight excluding hydrogens is 250 g/mol. The molecule has 102 valence electrons. The second-order valence-corrected chi connectivity index (χ2v) is 5.18. The average molecular weight is 267 g/mol. The molecule has 1 aliphatic carbocycles. The van der Waals surface area contributed by atoms with Crippen molar-refractivity contribution in [3.63, 3.8) is 0 Å². The summed E-state index contributed by atoms with van der Waals surface area (Å²) in [5, 5.41) is 0. The first kappa shape index (κ1) is 12.9. The van der Waals surface area contributed by atoms with Gasteiger partial charge in [0.1, 0.15) is 5.75 Å². The Labute approximate surface area is 118 Å². The van der Waals surface area contributed by atoms with Gasteiger partial charge < -0.3 is 4.74 Å². The van der Waals surface area contributed by atoms with Crippen molar-refractivity contribution in [3.05, 3.63) is 47.2 Å². The van der Waals surface area contributed by atoms with E-state index in [0.717, 1.165) is 34.6 Å². The van der Waals surface area contributed by atoms with Crippen LogP contribution in [0.2, 0.25) is 0 Å². The highest BCUT2D eigenvalue weighted by Gasteiger charge is 2.25. The van der Waals surface area contributed by atoms with E-state index in [0.29, 0.717) is 13.0 Å². The lowest BCUT2D eigenvalue weighted by atomic mass is 10.0. The standard InChI is InChI=1S/C17H17NO2/c1-3-20-14-5-4-12-7-17(19)16(15(12)9-14)8-13-6-11(2)10-18-13/h4-5,8-10H,3,6-7H2,1-2H3/b16-8-. The lowest BCUT2D eigenvalue weighted by Gasteiger charge is -2.06. The molecular formula is C17H17NO2. The Kier molecular flexibility index (Phi) is 3.26. The first-order chi connectivity index (χ1) is 9.67. The molecule has 20 heavy (non-hydrogen) atoms. The molecule has 1 aliphatic heterocycles. The molecule has 3 rings (SSSR count). The van der Waals surface area contributed by atoms with Crippen LogP contribution in [0.25, 0.3) is 5.57 Å². The van der Waals surface area contributed by atoms with Gasteiger partial charge in [-0.2, -0.15) is 0 Å². The summed E-state index contributed by atoms with van der Waals surface area (Å²) in [6.07, 6.45) is 5.10. The van der Waals surface area contributed by atoms with Gasteiger partial charge in [-0.15, -0.1) is 0 Å². The van der Waals surface area contributed by atoms with Crippen molar-refractivity contribution >= 4 is 17.1 Å². The SMILES string of the molecule is CCOc1ccc2c(c1)/C(=C/C1=NC=C(C)C1)C(=O)C2. The topological polar surface area (TPSA) is 38.7 Å². The molecule has 3 nitrogen and oxygen atoms in total. The zero-order chi connectivity index (χ0) is 14.1. The van der Waals surface area contributed by atoms with Gasteiger partial charge in [0.05, 0.1) is 6.61 Å². The highest BCUT2D eigenvalue weighted by Crippen LogP contribution is 2.33. The first-order valence-electron chi connectivity index (χ1n) is 6.90. The van der Waals surface area contributed by atoms with Crippen LogP contribution in [-0.4, -0.2) is 18.1 Å². The molecule has 0 spiro atoms. The van der Waals surface area contributed by atoms with Crippen LogP contribution in [-0.2, 0) is 11.2 Å². The average Bonchev–Trinajstić information content (AvgIpc) is 2.96. The lowest BCUT2D eigenvalue weighted by Crippen LogP contribution is -1.98. The zero-order valence-electron chi connectivity index (χ0n) is 11.8. The van der Waals surface area contributed by atoms with Gasteiger partial charge in [-0.05, 0) is 48.8 Å². The number of benzene rings is 1. The number of nitrogens with zero attached hydrogens (tertiary/aromatic N) is 1. The van der Waals surface area contributed by atoms with Gasteiger partial charge in [-0.3, -0.25) is 9.79 Å². The number of rotatable bonds is 3. The summed E-state index contributed by atoms with van der Waals surface area (Å²) in [5.74, 6) is 0.982. The monoisotopic (exact) mass is 267 g/mol. The number of carbonyl (C=O) groups is 1. The third-order valence-corrected chi connectivity index (χ3v) is 3.56. The van der Waals surface area contributed by atoms with Gasteiger partial charge >= 0.3 is 0 Å². The van der Waals surface area contributed by atoms with E-state index >= 15 is 0 Å². The molecule has 0 fully saturated rings. The maximum Gasteiger partial charge on any atom is 0.167 e. The number of allylic oxidation sites excluding steroid dienone is 3. The molecule has 0 N–H and O–H groups in total.